The van der Waals surface area contributed by atoms with E-state index in [4.69, 9.17) is 9.40 Å². The molecule has 30 heavy (non-hydrogen) atoms. The van der Waals surface area contributed by atoms with Gasteiger partial charge in [0.1, 0.15) is 0 Å². The van der Waals surface area contributed by atoms with E-state index in [-0.39, 0.29) is 0 Å². The molecule has 0 aliphatic carbocycles. The summed E-state index contributed by atoms with van der Waals surface area (Å²) in [5.74, 6) is 1.72. The summed E-state index contributed by atoms with van der Waals surface area (Å²) in [6.45, 7) is 0.867. The molecule has 0 radical (unpaired) electrons. The maximum absolute atomic E-state index is 5.85. The number of hydrogen-bond donors (Lipinski definition) is 0. The summed E-state index contributed by atoms with van der Waals surface area (Å²) in [6, 6.07) is 28.6. The van der Waals surface area contributed by atoms with Gasteiger partial charge < -0.3 is 8.98 Å². The lowest BCUT2D eigenvalue weighted by atomic mass is 10.1. The number of imidazole rings is 1. The molecule has 2 heterocycles. The van der Waals surface area contributed by atoms with Gasteiger partial charge in [-0.2, -0.15) is 0 Å². The Labute approximate surface area is 178 Å². The molecule has 0 aliphatic heterocycles. The van der Waals surface area contributed by atoms with E-state index in [1.165, 1.54) is 5.56 Å². The van der Waals surface area contributed by atoms with Crippen LogP contribution in [-0.2, 0) is 18.7 Å². The normalized spacial score (nSPS) is 11.2. The van der Waals surface area contributed by atoms with Gasteiger partial charge in [0.25, 0.3) is 0 Å². The predicted octanol–water partition coefficient (Wildman–Crippen LogP) is 5.62. The number of rotatable bonds is 7. The molecule has 0 aliphatic rings. The number of hydrogen-bond acceptors (Lipinski definition) is 5. The third-order valence-corrected chi connectivity index (χ3v) is 5.86. The van der Waals surface area contributed by atoms with Crippen LogP contribution >= 0.6 is 11.8 Å². The molecule has 5 rings (SSSR count). The number of aryl methyl sites for hydroxylation is 2. The quantitative estimate of drug-likeness (QED) is 0.325. The van der Waals surface area contributed by atoms with Crippen LogP contribution in [0.3, 0.4) is 0 Å². The first-order valence-corrected chi connectivity index (χ1v) is 10.9. The van der Waals surface area contributed by atoms with Gasteiger partial charge >= 0.3 is 0 Å². The zero-order chi connectivity index (χ0) is 20.2. The minimum absolute atomic E-state index is 0.545. The summed E-state index contributed by atoms with van der Waals surface area (Å²) in [7, 11) is 0. The van der Waals surface area contributed by atoms with E-state index in [2.05, 4.69) is 57.2 Å². The highest BCUT2D eigenvalue weighted by molar-refractivity contribution is 7.98. The number of fused-ring (bicyclic) bond motifs is 1. The highest BCUT2D eigenvalue weighted by atomic mass is 32.2. The van der Waals surface area contributed by atoms with Gasteiger partial charge in [0, 0.05) is 12.1 Å². The van der Waals surface area contributed by atoms with E-state index < -0.39 is 0 Å². The van der Waals surface area contributed by atoms with Gasteiger partial charge in [-0.1, -0.05) is 72.4 Å². The Hall–Kier alpha value is -3.38. The highest BCUT2D eigenvalue weighted by Crippen LogP contribution is 2.28. The van der Waals surface area contributed by atoms with Gasteiger partial charge in [0.05, 0.1) is 16.8 Å². The van der Waals surface area contributed by atoms with Crippen LogP contribution in [0.25, 0.3) is 22.5 Å². The summed E-state index contributed by atoms with van der Waals surface area (Å²) < 4.78 is 8.13. The molecule has 2 aromatic heterocycles. The number of benzene rings is 3. The number of para-hydroxylation sites is 2. The highest BCUT2D eigenvalue weighted by Gasteiger charge is 2.14. The van der Waals surface area contributed by atoms with Gasteiger partial charge in [-0.3, -0.25) is 0 Å². The van der Waals surface area contributed by atoms with Crippen molar-refractivity contribution in [1.29, 1.82) is 0 Å². The lowest BCUT2D eigenvalue weighted by Gasteiger charge is -2.08. The van der Waals surface area contributed by atoms with Crippen molar-refractivity contribution in [2.24, 2.45) is 0 Å². The Bertz CT molecular complexity index is 1250. The van der Waals surface area contributed by atoms with Crippen molar-refractivity contribution in [1.82, 2.24) is 19.7 Å². The van der Waals surface area contributed by atoms with Crippen LogP contribution in [0.15, 0.2) is 94.5 Å². The van der Waals surface area contributed by atoms with E-state index in [0.717, 1.165) is 34.7 Å². The number of thioether (sulfide) groups is 1. The van der Waals surface area contributed by atoms with Gasteiger partial charge in [-0.15, -0.1) is 10.2 Å². The summed E-state index contributed by atoms with van der Waals surface area (Å²) in [5, 5.41) is 9.36. The fourth-order valence-electron chi connectivity index (χ4n) is 3.40. The van der Waals surface area contributed by atoms with Crippen molar-refractivity contribution in [2.75, 3.05) is 0 Å². The SMILES string of the molecule is c1ccc(CCn2c(SCc3nnc(-c4ccccc4)o3)nc3ccccc32)cc1. The van der Waals surface area contributed by atoms with Crippen LogP contribution in [0.5, 0.6) is 0 Å². The van der Waals surface area contributed by atoms with Crippen molar-refractivity contribution < 1.29 is 4.42 Å². The summed E-state index contributed by atoms with van der Waals surface area (Å²) in [5.41, 5.74) is 4.39. The van der Waals surface area contributed by atoms with Crippen LogP contribution in [0, 0.1) is 0 Å². The maximum atomic E-state index is 5.85. The van der Waals surface area contributed by atoms with E-state index in [9.17, 15) is 0 Å². The summed E-state index contributed by atoms with van der Waals surface area (Å²) in [6.07, 6.45) is 0.952. The summed E-state index contributed by atoms with van der Waals surface area (Å²) in [4.78, 5) is 4.84. The van der Waals surface area contributed by atoms with E-state index in [1.807, 2.05) is 42.5 Å². The van der Waals surface area contributed by atoms with Crippen molar-refractivity contribution >= 4 is 22.8 Å². The van der Waals surface area contributed by atoms with Crippen molar-refractivity contribution in [3.63, 3.8) is 0 Å². The average molecular weight is 413 g/mol. The van der Waals surface area contributed by atoms with E-state index >= 15 is 0 Å². The smallest absolute Gasteiger partial charge is 0.247 e. The molecule has 0 spiro atoms. The Morgan fingerprint density at radius 3 is 2.37 bits per heavy atom. The monoisotopic (exact) mass is 412 g/mol. The van der Waals surface area contributed by atoms with Crippen LogP contribution in [0.2, 0.25) is 0 Å². The second kappa shape index (κ2) is 8.55. The van der Waals surface area contributed by atoms with Gasteiger partial charge in [0.15, 0.2) is 5.16 Å². The van der Waals surface area contributed by atoms with Crippen LogP contribution in [0.4, 0.5) is 0 Å². The first kappa shape index (κ1) is 18.6. The van der Waals surface area contributed by atoms with Crippen LogP contribution < -0.4 is 0 Å². The van der Waals surface area contributed by atoms with E-state index in [0.29, 0.717) is 17.5 Å². The molecule has 0 saturated heterocycles. The first-order valence-electron chi connectivity index (χ1n) is 9.86. The summed E-state index contributed by atoms with van der Waals surface area (Å²) >= 11 is 1.63. The largest absolute Gasteiger partial charge is 0.420 e. The predicted molar refractivity (Wildman–Crippen MR) is 119 cm³/mol. The van der Waals surface area contributed by atoms with Crippen molar-refractivity contribution in [3.8, 4) is 11.5 Å². The van der Waals surface area contributed by atoms with Gasteiger partial charge in [0.2, 0.25) is 11.8 Å². The molecule has 0 saturated carbocycles. The number of nitrogens with zero attached hydrogens (tertiary/aromatic N) is 4. The lowest BCUT2D eigenvalue weighted by Crippen LogP contribution is -2.03. The van der Waals surface area contributed by atoms with Crippen LogP contribution in [-0.4, -0.2) is 19.7 Å². The molecule has 3 aromatic carbocycles. The van der Waals surface area contributed by atoms with Crippen molar-refractivity contribution in [3.05, 3.63) is 96.4 Å². The third kappa shape index (κ3) is 4.00. The molecule has 0 unspecified atom stereocenters. The fourth-order valence-corrected chi connectivity index (χ4v) is 4.28. The second-order valence-corrected chi connectivity index (χ2v) is 7.87. The van der Waals surface area contributed by atoms with Gasteiger partial charge in [-0.05, 0) is 36.2 Å². The Kier molecular flexibility index (Phi) is 5.31. The first-order chi connectivity index (χ1) is 14.9. The minimum atomic E-state index is 0.545. The molecule has 0 N–H and O–H groups in total. The molecule has 0 amide bonds. The standard InChI is InChI=1S/C24H20N4OS/c1-3-9-18(10-4-1)15-16-28-21-14-8-7-13-20(21)25-24(28)30-17-22-26-27-23(29-22)19-11-5-2-6-12-19/h1-14H,15-17H2. The van der Waals surface area contributed by atoms with Gasteiger partial charge in [-0.25, -0.2) is 4.98 Å². The molecule has 0 fully saturated rings. The second-order valence-electron chi connectivity index (χ2n) is 6.93. The van der Waals surface area contributed by atoms with Crippen LogP contribution in [0.1, 0.15) is 11.5 Å². The topological polar surface area (TPSA) is 56.7 Å². The average Bonchev–Trinajstić information content (AvgIpc) is 3.42. The fraction of sp³-hybridized carbons (Fsp3) is 0.125. The van der Waals surface area contributed by atoms with Crippen molar-refractivity contribution in [2.45, 2.75) is 23.9 Å². The zero-order valence-corrected chi connectivity index (χ0v) is 17.1. The molecular formula is C24H20N4OS. The molecule has 5 nitrogen and oxygen atoms in total. The van der Waals surface area contributed by atoms with E-state index in [1.54, 1.807) is 11.8 Å². The number of aromatic nitrogens is 4. The zero-order valence-electron chi connectivity index (χ0n) is 16.3. The Morgan fingerprint density at radius 1 is 0.800 bits per heavy atom. The maximum Gasteiger partial charge on any atom is 0.247 e. The molecular weight excluding hydrogens is 392 g/mol. The molecule has 0 atom stereocenters. The Morgan fingerprint density at radius 2 is 1.53 bits per heavy atom. The molecule has 6 heteroatoms. The molecule has 0 bridgehead atoms. The minimum Gasteiger partial charge on any atom is -0.420 e. The lowest BCUT2D eigenvalue weighted by molar-refractivity contribution is 0.528. The Balaban J connectivity index is 1.36. The molecule has 148 valence electrons. The molecule has 5 aromatic rings. The third-order valence-electron chi connectivity index (χ3n) is 4.90.